The Hall–Kier alpha value is -2.38. The molecule has 1 N–H and O–H groups in total. The third-order valence-electron chi connectivity index (χ3n) is 4.66. The smallest absolute Gasteiger partial charge is 0.240 e. The Bertz CT molecular complexity index is 894. The van der Waals surface area contributed by atoms with Gasteiger partial charge in [0.1, 0.15) is 5.75 Å². The minimum absolute atomic E-state index is 0.0896. The Morgan fingerprint density at radius 1 is 1.07 bits per heavy atom. The molecule has 0 saturated carbocycles. The third-order valence-corrected chi connectivity index (χ3v) is 6.14. The molecule has 1 aliphatic heterocycles. The zero-order chi connectivity index (χ0) is 19.3. The molecule has 0 spiro atoms. The molecule has 0 aliphatic carbocycles. The predicted molar refractivity (Wildman–Crippen MR) is 105 cm³/mol. The fourth-order valence-electron chi connectivity index (χ4n) is 3.20. The highest BCUT2D eigenvalue weighted by molar-refractivity contribution is 7.89. The van der Waals surface area contributed by atoms with Gasteiger partial charge in [-0.05, 0) is 55.2 Å². The van der Waals surface area contributed by atoms with E-state index in [2.05, 4.69) is 4.72 Å². The lowest BCUT2D eigenvalue weighted by atomic mass is 10.1. The average molecular weight is 388 g/mol. The number of benzene rings is 2. The van der Waals surface area contributed by atoms with E-state index in [9.17, 15) is 13.2 Å². The number of carbonyl (C=O) groups excluding carboxylic acids is 1. The molecule has 27 heavy (non-hydrogen) atoms. The summed E-state index contributed by atoms with van der Waals surface area (Å²) >= 11 is 0. The second-order valence-electron chi connectivity index (χ2n) is 6.46. The van der Waals surface area contributed by atoms with Crippen molar-refractivity contribution in [1.82, 2.24) is 4.72 Å². The lowest BCUT2D eigenvalue weighted by Crippen LogP contribution is -2.35. The Morgan fingerprint density at radius 2 is 1.81 bits per heavy atom. The van der Waals surface area contributed by atoms with Crippen LogP contribution in [0.4, 0.5) is 5.69 Å². The fourth-order valence-corrected chi connectivity index (χ4v) is 4.23. The number of piperidine rings is 1. The maximum Gasteiger partial charge on any atom is 0.240 e. The summed E-state index contributed by atoms with van der Waals surface area (Å²) in [6.07, 6.45) is 2.96. The van der Waals surface area contributed by atoms with Crippen LogP contribution in [0.15, 0.2) is 53.4 Å². The van der Waals surface area contributed by atoms with Gasteiger partial charge in [0.15, 0.2) is 0 Å². The molecule has 2 aromatic carbocycles. The van der Waals surface area contributed by atoms with Crippen molar-refractivity contribution in [3.05, 3.63) is 54.1 Å². The minimum Gasteiger partial charge on any atom is -0.496 e. The lowest BCUT2D eigenvalue weighted by molar-refractivity contribution is -0.119. The number of rotatable bonds is 7. The number of hydrogen-bond acceptors (Lipinski definition) is 4. The zero-order valence-electron chi connectivity index (χ0n) is 15.3. The van der Waals surface area contributed by atoms with Crippen LogP contribution in [0.2, 0.25) is 0 Å². The van der Waals surface area contributed by atoms with Gasteiger partial charge in [-0.3, -0.25) is 4.79 Å². The van der Waals surface area contributed by atoms with Gasteiger partial charge in [0.05, 0.1) is 12.0 Å². The van der Waals surface area contributed by atoms with E-state index in [4.69, 9.17) is 4.74 Å². The van der Waals surface area contributed by atoms with Crippen LogP contribution in [-0.2, 0) is 21.2 Å². The van der Waals surface area contributed by atoms with Crippen LogP contribution in [0.25, 0.3) is 0 Å². The second kappa shape index (κ2) is 8.54. The second-order valence-corrected chi connectivity index (χ2v) is 8.22. The van der Waals surface area contributed by atoms with Gasteiger partial charge in [-0.25, -0.2) is 13.1 Å². The summed E-state index contributed by atoms with van der Waals surface area (Å²) in [5.74, 6) is 0.832. The van der Waals surface area contributed by atoms with Crippen molar-refractivity contribution in [2.75, 3.05) is 25.1 Å². The summed E-state index contributed by atoms with van der Waals surface area (Å²) in [7, 11) is -2.01. The van der Waals surface area contributed by atoms with Crippen molar-refractivity contribution in [2.45, 2.75) is 30.6 Å². The Kier molecular flexibility index (Phi) is 6.13. The molecule has 0 atom stereocenters. The third kappa shape index (κ3) is 4.67. The molecule has 1 amide bonds. The van der Waals surface area contributed by atoms with Crippen molar-refractivity contribution in [2.24, 2.45) is 0 Å². The minimum atomic E-state index is -3.61. The molecular formula is C20H24N2O4S. The number of ether oxygens (including phenoxy) is 1. The van der Waals surface area contributed by atoms with E-state index in [1.165, 1.54) is 0 Å². The first-order valence-corrected chi connectivity index (χ1v) is 10.5. The first kappa shape index (κ1) is 19.4. The molecule has 2 aromatic rings. The van der Waals surface area contributed by atoms with Crippen LogP contribution in [0.3, 0.4) is 0 Å². The zero-order valence-corrected chi connectivity index (χ0v) is 16.2. The number of nitrogens with zero attached hydrogens (tertiary/aromatic N) is 1. The summed E-state index contributed by atoms with van der Waals surface area (Å²) in [4.78, 5) is 13.9. The average Bonchev–Trinajstić information content (AvgIpc) is 2.69. The number of amides is 1. The van der Waals surface area contributed by atoms with Crippen molar-refractivity contribution in [3.63, 3.8) is 0 Å². The van der Waals surface area contributed by atoms with E-state index in [0.717, 1.165) is 29.8 Å². The van der Waals surface area contributed by atoms with E-state index < -0.39 is 10.0 Å². The normalized spacial score (nSPS) is 15.0. The van der Waals surface area contributed by atoms with Crippen LogP contribution in [0.5, 0.6) is 5.75 Å². The van der Waals surface area contributed by atoms with Crippen LogP contribution < -0.4 is 14.4 Å². The first-order valence-electron chi connectivity index (χ1n) is 9.03. The van der Waals surface area contributed by atoms with Gasteiger partial charge in [-0.2, -0.15) is 0 Å². The first-order chi connectivity index (χ1) is 13.0. The molecule has 0 unspecified atom stereocenters. The number of sulfonamides is 1. The van der Waals surface area contributed by atoms with Gasteiger partial charge in [-0.1, -0.05) is 18.2 Å². The largest absolute Gasteiger partial charge is 0.496 e. The molecule has 0 radical (unpaired) electrons. The Morgan fingerprint density at radius 3 is 2.52 bits per heavy atom. The molecule has 3 rings (SSSR count). The number of carbonyl (C=O) groups is 1. The Balaban J connectivity index is 1.63. The van der Waals surface area contributed by atoms with Gasteiger partial charge >= 0.3 is 0 Å². The molecule has 1 heterocycles. The number of para-hydroxylation sites is 1. The monoisotopic (exact) mass is 388 g/mol. The standard InChI is InChI=1S/C20H24N2O4S/c1-26-19-7-3-2-6-16(19)13-14-21-27(24,25)18-11-9-17(10-12-18)22-15-5-4-8-20(22)23/h2-3,6-7,9-12,21H,4-5,8,13-15H2,1H3. The maximum atomic E-state index is 12.5. The summed E-state index contributed by atoms with van der Waals surface area (Å²) in [6, 6.07) is 14.0. The highest BCUT2D eigenvalue weighted by Gasteiger charge is 2.20. The molecule has 1 fully saturated rings. The van der Waals surface area contributed by atoms with Crippen LogP contribution in [0, 0.1) is 0 Å². The molecular weight excluding hydrogens is 364 g/mol. The van der Waals surface area contributed by atoms with Crippen LogP contribution in [0.1, 0.15) is 24.8 Å². The summed E-state index contributed by atoms with van der Waals surface area (Å²) < 4.78 is 32.9. The predicted octanol–water partition coefficient (Wildman–Crippen LogP) is 2.73. The topological polar surface area (TPSA) is 75.7 Å². The molecule has 1 aliphatic rings. The van der Waals surface area contributed by atoms with Crippen molar-refractivity contribution >= 4 is 21.6 Å². The highest BCUT2D eigenvalue weighted by Crippen LogP contribution is 2.23. The summed E-state index contributed by atoms with van der Waals surface area (Å²) in [5.41, 5.74) is 1.69. The molecule has 0 bridgehead atoms. The Labute approximate surface area is 160 Å². The van der Waals surface area contributed by atoms with Crippen LogP contribution >= 0.6 is 0 Å². The van der Waals surface area contributed by atoms with E-state index in [-0.39, 0.29) is 17.3 Å². The van der Waals surface area contributed by atoms with Crippen molar-refractivity contribution in [3.8, 4) is 5.75 Å². The number of nitrogens with one attached hydrogen (secondary N) is 1. The van der Waals surface area contributed by atoms with Gasteiger partial charge in [-0.15, -0.1) is 0 Å². The SMILES string of the molecule is COc1ccccc1CCNS(=O)(=O)c1ccc(N2CCCCC2=O)cc1. The van der Waals surface area contributed by atoms with Crippen molar-refractivity contribution in [1.29, 1.82) is 0 Å². The molecule has 7 heteroatoms. The molecule has 0 aromatic heterocycles. The number of hydrogen-bond donors (Lipinski definition) is 1. The molecule has 1 saturated heterocycles. The van der Waals surface area contributed by atoms with Gasteiger partial charge in [0.2, 0.25) is 15.9 Å². The van der Waals surface area contributed by atoms with Crippen molar-refractivity contribution < 1.29 is 17.9 Å². The molecule has 144 valence electrons. The van der Waals surface area contributed by atoms with Gasteiger partial charge in [0.25, 0.3) is 0 Å². The number of methoxy groups -OCH3 is 1. The quantitative estimate of drug-likeness (QED) is 0.791. The summed E-state index contributed by atoms with van der Waals surface area (Å²) in [5, 5.41) is 0. The maximum absolute atomic E-state index is 12.5. The van der Waals surface area contributed by atoms with Crippen LogP contribution in [-0.4, -0.2) is 34.5 Å². The summed E-state index contributed by atoms with van der Waals surface area (Å²) in [6.45, 7) is 0.956. The fraction of sp³-hybridized carbons (Fsp3) is 0.350. The van der Waals surface area contributed by atoms with E-state index >= 15 is 0 Å². The number of anilines is 1. The van der Waals surface area contributed by atoms with Gasteiger partial charge in [0, 0.05) is 25.2 Å². The van der Waals surface area contributed by atoms with E-state index in [0.29, 0.717) is 19.4 Å². The highest BCUT2D eigenvalue weighted by atomic mass is 32.2. The lowest BCUT2D eigenvalue weighted by Gasteiger charge is -2.26. The van der Waals surface area contributed by atoms with E-state index in [1.807, 2.05) is 24.3 Å². The molecule has 6 nitrogen and oxygen atoms in total. The van der Waals surface area contributed by atoms with Gasteiger partial charge < -0.3 is 9.64 Å². The van der Waals surface area contributed by atoms with E-state index in [1.54, 1.807) is 36.3 Å².